The third-order valence-electron chi connectivity index (χ3n) is 5.73. The number of alkyl halides is 3. The van der Waals surface area contributed by atoms with Crippen LogP contribution in [-0.2, 0) is 30.2 Å². The van der Waals surface area contributed by atoms with Gasteiger partial charge in [0.1, 0.15) is 0 Å². The van der Waals surface area contributed by atoms with E-state index >= 15 is 0 Å². The molecular formula is C20H22F3N3O. The van der Waals surface area contributed by atoms with Crippen LogP contribution >= 0.6 is 0 Å². The molecule has 0 radical (unpaired) electrons. The summed E-state index contributed by atoms with van der Waals surface area (Å²) < 4.78 is 41.5. The number of amides is 1. The number of nitrogens with zero attached hydrogens (tertiary/aromatic N) is 3. The summed E-state index contributed by atoms with van der Waals surface area (Å²) in [5.74, 6) is 0.166. The van der Waals surface area contributed by atoms with E-state index in [1.807, 2.05) is 31.3 Å². The molecular weight excluding hydrogens is 355 g/mol. The van der Waals surface area contributed by atoms with Crippen molar-refractivity contribution in [2.24, 2.45) is 0 Å². The molecule has 0 N–H and O–H groups in total. The topological polar surface area (TPSA) is 38.1 Å². The van der Waals surface area contributed by atoms with Crippen LogP contribution in [0.3, 0.4) is 0 Å². The zero-order valence-electron chi connectivity index (χ0n) is 15.2. The second kappa shape index (κ2) is 6.69. The smallest absolute Gasteiger partial charge is 0.342 e. The first-order valence-electron chi connectivity index (χ1n) is 9.37. The largest absolute Gasteiger partial charge is 0.435 e. The van der Waals surface area contributed by atoms with Gasteiger partial charge in [0.2, 0.25) is 5.91 Å². The maximum absolute atomic E-state index is 13.4. The van der Waals surface area contributed by atoms with E-state index in [2.05, 4.69) is 5.10 Å². The Kier molecular flexibility index (Phi) is 4.48. The number of carbonyl (C=O) groups excluding carboxylic acids is 1. The fourth-order valence-electron chi connectivity index (χ4n) is 4.19. The standard InChI is InChI=1S/C20H22F3N3O/c1-25-15(10-11-18(25)27)12-13-6-8-14(9-7-13)26-17-5-3-2-4-16(17)19(24-26)20(21,22)23/h6-9,15H,2-5,10-12H2,1H3. The third kappa shape index (κ3) is 3.35. The highest BCUT2D eigenvalue weighted by atomic mass is 19.4. The van der Waals surface area contributed by atoms with Crippen molar-refractivity contribution >= 4 is 5.91 Å². The van der Waals surface area contributed by atoms with Crippen LogP contribution in [0, 0.1) is 0 Å². The molecule has 2 aliphatic rings. The normalized spacial score (nSPS) is 20.2. The Morgan fingerprint density at radius 3 is 2.44 bits per heavy atom. The fourth-order valence-corrected chi connectivity index (χ4v) is 4.19. The van der Waals surface area contributed by atoms with Gasteiger partial charge >= 0.3 is 6.18 Å². The number of likely N-dealkylation sites (tertiary alicyclic amines) is 1. The van der Waals surface area contributed by atoms with Crippen LogP contribution in [0.25, 0.3) is 5.69 Å². The minimum atomic E-state index is -4.42. The molecule has 1 saturated heterocycles. The van der Waals surface area contributed by atoms with Gasteiger partial charge in [-0.05, 0) is 56.2 Å². The molecule has 1 atom stereocenters. The molecule has 27 heavy (non-hydrogen) atoms. The summed E-state index contributed by atoms with van der Waals surface area (Å²) in [6.07, 6.45) is 0.473. The molecule has 2 heterocycles. The first kappa shape index (κ1) is 18.1. The lowest BCUT2D eigenvalue weighted by Gasteiger charge is -2.20. The minimum Gasteiger partial charge on any atom is -0.342 e. The predicted molar refractivity (Wildman–Crippen MR) is 94.7 cm³/mol. The molecule has 4 rings (SSSR count). The van der Waals surface area contributed by atoms with Crippen molar-refractivity contribution < 1.29 is 18.0 Å². The summed E-state index contributed by atoms with van der Waals surface area (Å²) in [7, 11) is 1.82. The van der Waals surface area contributed by atoms with Crippen LogP contribution in [0.4, 0.5) is 13.2 Å². The van der Waals surface area contributed by atoms with Crippen LogP contribution in [0.15, 0.2) is 24.3 Å². The number of hydrogen-bond donors (Lipinski definition) is 0. The summed E-state index contributed by atoms with van der Waals surface area (Å²) in [6, 6.07) is 7.70. The van der Waals surface area contributed by atoms with Gasteiger partial charge in [-0.2, -0.15) is 18.3 Å². The summed E-state index contributed by atoms with van der Waals surface area (Å²) in [6.45, 7) is 0. The van der Waals surface area contributed by atoms with Gasteiger partial charge in [0.05, 0.1) is 5.69 Å². The van der Waals surface area contributed by atoms with Crippen LogP contribution in [-0.4, -0.2) is 33.7 Å². The molecule has 0 saturated carbocycles. The second-order valence-electron chi connectivity index (χ2n) is 7.46. The Bertz CT molecular complexity index is 855. The van der Waals surface area contributed by atoms with E-state index in [1.54, 1.807) is 4.90 Å². The summed E-state index contributed by atoms with van der Waals surface area (Å²) >= 11 is 0. The van der Waals surface area contributed by atoms with Gasteiger partial charge in [-0.15, -0.1) is 0 Å². The van der Waals surface area contributed by atoms with E-state index in [0.29, 0.717) is 36.2 Å². The maximum atomic E-state index is 13.4. The van der Waals surface area contributed by atoms with E-state index < -0.39 is 11.9 Å². The number of benzene rings is 1. The molecule has 1 aliphatic carbocycles. The van der Waals surface area contributed by atoms with Crippen molar-refractivity contribution in [1.29, 1.82) is 0 Å². The molecule has 0 spiro atoms. The highest BCUT2D eigenvalue weighted by Crippen LogP contribution is 2.36. The Morgan fingerprint density at radius 2 is 1.81 bits per heavy atom. The minimum absolute atomic E-state index is 0.166. The zero-order chi connectivity index (χ0) is 19.2. The predicted octanol–water partition coefficient (Wildman–Crippen LogP) is 3.93. The van der Waals surface area contributed by atoms with Crippen molar-refractivity contribution in [3.63, 3.8) is 0 Å². The second-order valence-corrected chi connectivity index (χ2v) is 7.46. The van der Waals surface area contributed by atoms with Crippen molar-refractivity contribution in [2.45, 2.75) is 57.2 Å². The first-order chi connectivity index (χ1) is 12.8. The first-order valence-corrected chi connectivity index (χ1v) is 9.37. The average molecular weight is 377 g/mol. The number of aromatic nitrogens is 2. The van der Waals surface area contributed by atoms with Crippen molar-refractivity contribution in [3.05, 3.63) is 46.8 Å². The Hall–Kier alpha value is -2.31. The Balaban J connectivity index is 1.61. The summed E-state index contributed by atoms with van der Waals surface area (Å²) in [4.78, 5) is 13.4. The third-order valence-corrected chi connectivity index (χ3v) is 5.73. The fraction of sp³-hybridized carbons (Fsp3) is 0.500. The van der Waals surface area contributed by atoms with Gasteiger partial charge in [-0.1, -0.05) is 12.1 Å². The number of carbonyl (C=O) groups is 1. The molecule has 1 aromatic carbocycles. The molecule has 1 amide bonds. The van der Waals surface area contributed by atoms with E-state index in [0.717, 1.165) is 31.2 Å². The Morgan fingerprint density at radius 1 is 1.11 bits per heavy atom. The van der Waals surface area contributed by atoms with Crippen LogP contribution < -0.4 is 0 Å². The lowest BCUT2D eigenvalue weighted by molar-refractivity contribution is -0.142. The van der Waals surface area contributed by atoms with Gasteiger partial charge in [0, 0.05) is 30.8 Å². The number of fused-ring (bicyclic) bond motifs is 1. The Labute approximate surface area is 156 Å². The molecule has 1 unspecified atom stereocenters. The van der Waals surface area contributed by atoms with Gasteiger partial charge in [-0.25, -0.2) is 4.68 Å². The van der Waals surface area contributed by atoms with Crippen molar-refractivity contribution in [3.8, 4) is 5.69 Å². The van der Waals surface area contributed by atoms with E-state index in [9.17, 15) is 18.0 Å². The highest BCUT2D eigenvalue weighted by molar-refractivity contribution is 5.78. The molecule has 1 fully saturated rings. The van der Waals surface area contributed by atoms with E-state index in [1.165, 1.54) is 4.68 Å². The average Bonchev–Trinajstić information content (AvgIpc) is 3.18. The number of rotatable bonds is 3. The highest BCUT2D eigenvalue weighted by Gasteiger charge is 2.39. The molecule has 7 heteroatoms. The van der Waals surface area contributed by atoms with Gasteiger partial charge in [0.25, 0.3) is 0 Å². The lowest BCUT2D eigenvalue weighted by Crippen LogP contribution is -2.30. The number of halogens is 3. The molecule has 0 bridgehead atoms. The molecule has 1 aromatic heterocycles. The van der Waals surface area contributed by atoms with Crippen molar-refractivity contribution in [2.75, 3.05) is 7.05 Å². The molecule has 4 nitrogen and oxygen atoms in total. The summed E-state index contributed by atoms with van der Waals surface area (Å²) in [5.41, 5.74) is 2.02. The lowest BCUT2D eigenvalue weighted by atomic mass is 9.95. The van der Waals surface area contributed by atoms with Crippen LogP contribution in [0.5, 0.6) is 0 Å². The van der Waals surface area contributed by atoms with Gasteiger partial charge in [-0.3, -0.25) is 4.79 Å². The van der Waals surface area contributed by atoms with Gasteiger partial charge in [0.15, 0.2) is 5.69 Å². The quantitative estimate of drug-likeness (QED) is 0.813. The molecule has 2 aromatic rings. The van der Waals surface area contributed by atoms with E-state index in [-0.39, 0.29) is 11.9 Å². The van der Waals surface area contributed by atoms with Crippen LogP contribution in [0.2, 0.25) is 0 Å². The van der Waals surface area contributed by atoms with Crippen molar-refractivity contribution in [1.82, 2.24) is 14.7 Å². The monoisotopic (exact) mass is 377 g/mol. The zero-order valence-corrected chi connectivity index (χ0v) is 15.2. The molecule has 144 valence electrons. The SMILES string of the molecule is CN1C(=O)CCC1Cc1ccc(-n2nc(C(F)(F)F)c3c2CCCC3)cc1. The van der Waals surface area contributed by atoms with Crippen LogP contribution in [0.1, 0.15) is 48.2 Å². The maximum Gasteiger partial charge on any atom is 0.435 e. The van der Waals surface area contributed by atoms with Gasteiger partial charge < -0.3 is 4.90 Å². The summed E-state index contributed by atoms with van der Waals surface area (Å²) in [5, 5.41) is 3.93. The van der Waals surface area contributed by atoms with E-state index in [4.69, 9.17) is 0 Å². The molecule has 1 aliphatic heterocycles. The number of likely N-dealkylation sites (N-methyl/N-ethyl adjacent to an activating group) is 1. The number of hydrogen-bond acceptors (Lipinski definition) is 2.